The van der Waals surface area contributed by atoms with Crippen LogP contribution in [-0.2, 0) is 12.1 Å². The van der Waals surface area contributed by atoms with Crippen LogP contribution in [0.2, 0.25) is 0 Å². The minimum atomic E-state index is -0.647. The number of hydrogen-bond acceptors (Lipinski definition) is 7. The Labute approximate surface area is 159 Å². The number of imidazole rings is 1. The summed E-state index contributed by atoms with van der Waals surface area (Å²) in [5, 5.41) is 13.9. The van der Waals surface area contributed by atoms with Crippen LogP contribution in [0.1, 0.15) is 34.4 Å². The average Bonchev–Trinajstić information content (AvgIpc) is 3.33. The summed E-state index contributed by atoms with van der Waals surface area (Å²) in [7, 11) is 0. The monoisotopic (exact) mass is 377 g/mol. The fraction of sp³-hybridized carbons (Fsp3) is 0.167. The molecule has 0 fully saturated rings. The maximum Gasteiger partial charge on any atom is 0.275 e. The third kappa shape index (κ3) is 2.96. The van der Waals surface area contributed by atoms with Crippen molar-refractivity contribution in [1.82, 2.24) is 13.9 Å². The number of hydrogen-bond donors (Lipinski definition) is 2. The van der Waals surface area contributed by atoms with E-state index in [1.165, 1.54) is 11.5 Å². The van der Waals surface area contributed by atoms with Gasteiger partial charge in [0.2, 0.25) is 0 Å². The number of fused-ring (bicyclic) bond motifs is 1. The zero-order valence-corrected chi connectivity index (χ0v) is 15.2. The maximum atomic E-state index is 12.4. The number of nitrogens with one attached hydrogen (secondary N) is 1. The Morgan fingerprint density at radius 3 is 3.04 bits per heavy atom. The molecule has 8 nitrogen and oxygen atoms in total. The summed E-state index contributed by atoms with van der Waals surface area (Å²) < 4.78 is 5.96. The first kappa shape index (κ1) is 16.9. The molecule has 0 saturated heterocycles. The second-order valence-corrected chi connectivity index (χ2v) is 7.03. The highest BCUT2D eigenvalue weighted by Crippen LogP contribution is 2.33. The van der Waals surface area contributed by atoms with E-state index in [1.807, 2.05) is 23.8 Å². The standard InChI is InChI=1S/C18H15N7OS/c1-18(10-25-6-5-21-16(25)15(20)23-18)12-3-2-11(9-19)14(8-12)22-17(26)13-4-7-27-24-13/h2-8H,10H2,1H3,(H2,20,23)(H,22,26). The second kappa shape index (κ2) is 6.34. The quantitative estimate of drug-likeness (QED) is 0.724. The van der Waals surface area contributed by atoms with Crippen molar-refractivity contribution in [2.24, 2.45) is 10.7 Å². The molecule has 1 aliphatic rings. The minimum absolute atomic E-state index is 0.309. The van der Waals surface area contributed by atoms with Crippen LogP contribution in [0.5, 0.6) is 0 Å². The van der Waals surface area contributed by atoms with Gasteiger partial charge >= 0.3 is 0 Å². The van der Waals surface area contributed by atoms with E-state index in [0.29, 0.717) is 35.1 Å². The van der Waals surface area contributed by atoms with Crippen molar-refractivity contribution in [3.05, 3.63) is 64.7 Å². The molecule has 0 aliphatic carbocycles. The lowest BCUT2D eigenvalue weighted by Crippen LogP contribution is -2.37. The Balaban J connectivity index is 1.71. The number of carbonyl (C=O) groups excluding carboxylic acids is 1. The van der Waals surface area contributed by atoms with Gasteiger partial charge in [0.1, 0.15) is 17.3 Å². The molecule has 1 aromatic carbocycles. The first-order valence-corrected chi connectivity index (χ1v) is 8.97. The third-order valence-corrected chi connectivity index (χ3v) is 5.03. The van der Waals surface area contributed by atoms with Crippen molar-refractivity contribution < 1.29 is 4.79 Å². The number of nitrogens with zero attached hydrogens (tertiary/aromatic N) is 5. The fourth-order valence-corrected chi connectivity index (χ4v) is 3.61. The molecule has 0 radical (unpaired) electrons. The number of amidine groups is 1. The molecule has 1 unspecified atom stereocenters. The first-order valence-electron chi connectivity index (χ1n) is 8.13. The van der Waals surface area contributed by atoms with Gasteiger partial charge in [-0.3, -0.25) is 9.79 Å². The van der Waals surface area contributed by atoms with Crippen LogP contribution >= 0.6 is 11.5 Å². The van der Waals surface area contributed by atoms with Gasteiger partial charge < -0.3 is 15.6 Å². The van der Waals surface area contributed by atoms with Crippen LogP contribution in [0.4, 0.5) is 5.69 Å². The van der Waals surface area contributed by atoms with Gasteiger partial charge in [0.05, 0.1) is 17.8 Å². The molecule has 27 heavy (non-hydrogen) atoms. The molecule has 9 heteroatoms. The van der Waals surface area contributed by atoms with Crippen molar-refractivity contribution in [2.45, 2.75) is 19.0 Å². The summed E-state index contributed by atoms with van der Waals surface area (Å²) in [6.45, 7) is 2.50. The molecule has 134 valence electrons. The van der Waals surface area contributed by atoms with Gasteiger partial charge in [-0.2, -0.15) is 9.64 Å². The Morgan fingerprint density at radius 2 is 2.30 bits per heavy atom. The van der Waals surface area contributed by atoms with E-state index in [2.05, 4.69) is 25.7 Å². The number of nitriles is 1. The smallest absolute Gasteiger partial charge is 0.275 e. The van der Waals surface area contributed by atoms with Crippen molar-refractivity contribution in [3.63, 3.8) is 0 Å². The lowest BCUT2D eigenvalue weighted by molar-refractivity contribution is 0.102. The number of aliphatic imine (C=N–C) groups is 1. The summed E-state index contributed by atoms with van der Waals surface area (Å²) in [6.07, 6.45) is 3.53. The van der Waals surface area contributed by atoms with Crippen LogP contribution in [0.25, 0.3) is 0 Å². The SMILES string of the molecule is CC1(c2ccc(C#N)c(NC(=O)c3ccsn3)c2)Cn2ccnc2C(N)=N1. The van der Waals surface area contributed by atoms with Crippen molar-refractivity contribution >= 4 is 29.0 Å². The Morgan fingerprint density at radius 1 is 1.44 bits per heavy atom. The lowest BCUT2D eigenvalue weighted by Gasteiger charge is -2.31. The van der Waals surface area contributed by atoms with Gasteiger partial charge in [-0.05, 0) is 42.2 Å². The van der Waals surface area contributed by atoms with E-state index in [9.17, 15) is 10.1 Å². The topological polar surface area (TPSA) is 122 Å². The molecule has 1 atom stereocenters. The zero-order valence-electron chi connectivity index (χ0n) is 14.4. The molecule has 1 amide bonds. The molecular weight excluding hydrogens is 362 g/mol. The van der Waals surface area contributed by atoms with E-state index in [0.717, 1.165) is 5.56 Å². The van der Waals surface area contributed by atoms with Gasteiger partial charge in [0.15, 0.2) is 11.7 Å². The summed E-state index contributed by atoms with van der Waals surface area (Å²) in [5.41, 5.74) is 7.35. The van der Waals surface area contributed by atoms with Crippen molar-refractivity contribution in [2.75, 3.05) is 5.32 Å². The molecule has 0 spiro atoms. The predicted molar refractivity (Wildman–Crippen MR) is 102 cm³/mol. The Kier molecular flexibility index (Phi) is 3.97. The second-order valence-electron chi connectivity index (χ2n) is 6.36. The van der Waals surface area contributed by atoms with E-state index in [-0.39, 0.29) is 5.91 Å². The molecule has 4 rings (SSSR count). The number of anilines is 1. The molecule has 0 bridgehead atoms. The number of rotatable bonds is 3. The van der Waals surface area contributed by atoms with Crippen LogP contribution < -0.4 is 11.1 Å². The molecule has 3 aromatic rings. The van der Waals surface area contributed by atoms with Crippen LogP contribution in [0.15, 0.2) is 47.0 Å². The molecule has 2 aromatic heterocycles. The predicted octanol–water partition coefficient (Wildman–Crippen LogP) is 2.10. The third-order valence-electron chi connectivity index (χ3n) is 4.47. The van der Waals surface area contributed by atoms with E-state index >= 15 is 0 Å². The van der Waals surface area contributed by atoms with Gasteiger partial charge in [0.25, 0.3) is 5.91 Å². The molecule has 0 saturated carbocycles. The average molecular weight is 377 g/mol. The van der Waals surface area contributed by atoms with Crippen molar-refractivity contribution in [1.29, 1.82) is 5.26 Å². The fourth-order valence-electron chi connectivity index (χ4n) is 3.10. The van der Waals surface area contributed by atoms with Crippen molar-refractivity contribution in [3.8, 4) is 6.07 Å². The summed E-state index contributed by atoms with van der Waals surface area (Å²) in [4.78, 5) is 21.2. The van der Waals surface area contributed by atoms with Gasteiger partial charge in [-0.15, -0.1) is 0 Å². The number of benzene rings is 1. The summed E-state index contributed by atoms with van der Waals surface area (Å²) in [5.74, 6) is 0.628. The number of carbonyl (C=O) groups is 1. The summed E-state index contributed by atoms with van der Waals surface area (Å²) in [6, 6.07) is 9.00. The maximum absolute atomic E-state index is 12.4. The number of amides is 1. The number of nitrogens with two attached hydrogens (primary N) is 1. The van der Waals surface area contributed by atoms with Crippen LogP contribution in [-0.4, -0.2) is 25.7 Å². The molecule has 3 N–H and O–H groups in total. The minimum Gasteiger partial charge on any atom is -0.381 e. The lowest BCUT2D eigenvalue weighted by atomic mass is 9.90. The molecule has 1 aliphatic heterocycles. The van der Waals surface area contributed by atoms with E-state index in [4.69, 9.17) is 5.73 Å². The Hall–Kier alpha value is -3.51. The summed E-state index contributed by atoms with van der Waals surface area (Å²) >= 11 is 1.19. The van der Waals surface area contributed by atoms with E-state index < -0.39 is 5.54 Å². The van der Waals surface area contributed by atoms with Gasteiger partial charge in [-0.25, -0.2) is 4.98 Å². The highest BCUT2D eigenvalue weighted by Gasteiger charge is 2.33. The Bertz CT molecular complexity index is 1090. The largest absolute Gasteiger partial charge is 0.381 e. The zero-order chi connectivity index (χ0) is 19.0. The van der Waals surface area contributed by atoms with Gasteiger partial charge in [0, 0.05) is 17.8 Å². The number of aromatic nitrogens is 3. The van der Waals surface area contributed by atoms with Crippen LogP contribution in [0.3, 0.4) is 0 Å². The highest BCUT2D eigenvalue weighted by molar-refractivity contribution is 7.03. The molecular formula is C18H15N7OS. The normalized spacial score (nSPS) is 18.3. The molecule has 3 heterocycles. The van der Waals surface area contributed by atoms with E-state index in [1.54, 1.807) is 29.8 Å². The first-order chi connectivity index (χ1) is 13.0. The highest BCUT2D eigenvalue weighted by atomic mass is 32.1. The van der Waals surface area contributed by atoms with Crippen LogP contribution in [0, 0.1) is 11.3 Å². The van der Waals surface area contributed by atoms with Gasteiger partial charge in [-0.1, -0.05) is 6.07 Å².